The normalized spacial score (nSPS) is 16.3. The fourth-order valence-corrected chi connectivity index (χ4v) is 2.94. The summed E-state index contributed by atoms with van der Waals surface area (Å²) in [5.74, 6) is 0.646. The number of benzene rings is 1. The number of hydrogen-bond donors (Lipinski definition) is 2. The highest BCUT2D eigenvalue weighted by atomic mass is 35.5. The van der Waals surface area contributed by atoms with E-state index in [4.69, 9.17) is 15.2 Å². The van der Waals surface area contributed by atoms with E-state index < -0.39 is 6.04 Å². The maximum atomic E-state index is 12.0. The first-order chi connectivity index (χ1) is 11.2. The fraction of sp³-hybridized carbons (Fsp3) is 0.588. The Morgan fingerprint density at radius 2 is 1.96 bits per heavy atom. The van der Waals surface area contributed by atoms with Gasteiger partial charge in [0, 0.05) is 13.7 Å². The van der Waals surface area contributed by atoms with Crippen molar-refractivity contribution in [3.8, 4) is 5.75 Å². The largest absolute Gasteiger partial charge is 0.497 e. The van der Waals surface area contributed by atoms with Crippen LogP contribution in [-0.4, -0.2) is 57.3 Å². The Bertz CT molecular complexity index is 514. The molecule has 6 nitrogen and oxygen atoms in total. The first-order valence-corrected chi connectivity index (χ1v) is 8.06. The standard InChI is InChI=1S/C17H27N3O3.2ClH/c1-22-12-15(18)17(21)19-11-16(20-8-3-4-9-20)13-6-5-7-14(10-13)23-2;;/h5-7,10,15-16H,3-4,8-9,11-12,18H2,1-2H3,(H,19,21);2*1H. The summed E-state index contributed by atoms with van der Waals surface area (Å²) in [7, 11) is 3.20. The smallest absolute Gasteiger partial charge is 0.239 e. The van der Waals surface area contributed by atoms with Crippen molar-refractivity contribution in [2.45, 2.75) is 24.9 Å². The van der Waals surface area contributed by atoms with Crippen LogP contribution in [0.2, 0.25) is 0 Å². The lowest BCUT2D eigenvalue weighted by molar-refractivity contribution is -0.123. The molecule has 1 saturated heterocycles. The van der Waals surface area contributed by atoms with Crippen molar-refractivity contribution >= 4 is 30.7 Å². The highest BCUT2D eigenvalue weighted by Gasteiger charge is 2.25. The molecule has 0 spiro atoms. The van der Waals surface area contributed by atoms with Crippen LogP contribution >= 0.6 is 24.8 Å². The SMILES string of the molecule is COCC(N)C(=O)NCC(c1cccc(OC)c1)N1CCCC1.Cl.Cl. The van der Waals surface area contributed by atoms with Crippen LogP contribution in [0.15, 0.2) is 24.3 Å². The van der Waals surface area contributed by atoms with Gasteiger partial charge in [0.05, 0.1) is 19.8 Å². The van der Waals surface area contributed by atoms with Crippen molar-refractivity contribution in [2.75, 3.05) is 40.5 Å². The van der Waals surface area contributed by atoms with E-state index in [1.54, 1.807) is 7.11 Å². The van der Waals surface area contributed by atoms with Gasteiger partial charge in [-0.1, -0.05) is 12.1 Å². The van der Waals surface area contributed by atoms with E-state index in [2.05, 4.69) is 16.3 Å². The summed E-state index contributed by atoms with van der Waals surface area (Å²) in [4.78, 5) is 14.4. The highest BCUT2D eigenvalue weighted by molar-refractivity contribution is 5.85. The quantitative estimate of drug-likeness (QED) is 0.703. The second-order valence-corrected chi connectivity index (χ2v) is 5.84. The number of methoxy groups -OCH3 is 2. The number of nitrogens with one attached hydrogen (secondary N) is 1. The Hall–Kier alpha value is -1.05. The average molecular weight is 394 g/mol. The predicted octanol–water partition coefficient (Wildman–Crippen LogP) is 1.77. The molecular weight excluding hydrogens is 365 g/mol. The lowest BCUT2D eigenvalue weighted by atomic mass is 10.0. The van der Waals surface area contributed by atoms with E-state index in [0.29, 0.717) is 6.54 Å². The monoisotopic (exact) mass is 393 g/mol. The molecule has 0 aromatic heterocycles. The molecule has 0 saturated carbocycles. The van der Waals surface area contributed by atoms with Gasteiger partial charge in [0.1, 0.15) is 11.8 Å². The number of amides is 1. The van der Waals surface area contributed by atoms with Crippen molar-refractivity contribution in [1.82, 2.24) is 10.2 Å². The number of rotatable bonds is 8. The van der Waals surface area contributed by atoms with Gasteiger partial charge in [-0.05, 0) is 43.6 Å². The van der Waals surface area contributed by atoms with Crippen molar-refractivity contribution in [2.24, 2.45) is 5.73 Å². The number of halogens is 2. The molecule has 8 heteroatoms. The third-order valence-electron chi connectivity index (χ3n) is 4.21. The third kappa shape index (κ3) is 6.99. The molecule has 1 heterocycles. The zero-order chi connectivity index (χ0) is 16.7. The van der Waals surface area contributed by atoms with Gasteiger partial charge in [-0.2, -0.15) is 0 Å². The minimum atomic E-state index is -0.635. The number of carbonyl (C=O) groups excluding carboxylic acids is 1. The van der Waals surface area contributed by atoms with E-state index in [1.165, 1.54) is 20.0 Å². The van der Waals surface area contributed by atoms with Crippen LogP contribution in [0.4, 0.5) is 0 Å². The lowest BCUT2D eigenvalue weighted by Crippen LogP contribution is -2.46. The number of likely N-dealkylation sites (tertiary alicyclic amines) is 1. The summed E-state index contributed by atoms with van der Waals surface area (Å²) in [5.41, 5.74) is 6.93. The van der Waals surface area contributed by atoms with E-state index in [1.807, 2.05) is 18.2 Å². The average Bonchev–Trinajstić information content (AvgIpc) is 3.09. The Morgan fingerprint density at radius 1 is 1.28 bits per heavy atom. The maximum Gasteiger partial charge on any atom is 0.239 e. The molecule has 1 amide bonds. The number of carbonyl (C=O) groups is 1. The zero-order valence-electron chi connectivity index (χ0n) is 14.8. The minimum Gasteiger partial charge on any atom is -0.497 e. The molecule has 2 atom stereocenters. The van der Waals surface area contributed by atoms with Gasteiger partial charge in [0.15, 0.2) is 0 Å². The number of ether oxygens (including phenoxy) is 2. The molecule has 1 aliphatic rings. The van der Waals surface area contributed by atoms with Gasteiger partial charge in [0.25, 0.3) is 0 Å². The lowest BCUT2D eigenvalue weighted by Gasteiger charge is -2.29. The summed E-state index contributed by atoms with van der Waals surface area (Å²) in [6.07, 6.45) is 2.38. The Morgan fingerprint density at radius 3 is 2.56 bits per heavy atom. The zero-order valence-corrected chi connectivity index (χ0v) is 16.4. The van der Waals surface area contributed by atoms with Crippen LogP contribution in [0.25, 0.3) is 0 Å². The summed E-state index contributed by atoms with van der Waals surface area (Å²) < 4.78 is 10.3. The van der Waals surface area contributed by atoms with Gasteiger partial charge >= 0.3 is 0 Å². The second kappa shape index (κ2) is 12.3. The van der Waals surface area contributed by atoms with Crippen molar-refractivity contribution in [3.63, 3.8) is 0 Å². The maximum absolute atomic E-state index is 12.0. The number of nitrogens with two attached hydrogens (primary N) is 1. The third-order valence-corrected chi connectivity index (χ3v) is 4.21. The van der Waals surface area contributed by atoms with Crippen molar-refractivity contribution < 1.29 is 14.3 Å². The van der Waals surface area contributed by atoms with Crippen LogP contribution in [0.3, 0.4) is 0 Å². The van der Waals surface area contributed by atoms with E-state index in [0.717, 1.165) is 24.4 Å². The summed E-state index contributed by atoms with van der Waals surface area (Å²) >= 11 is 0. The van der Waals surface area contributed by atoms with Gasteiger partial charge < -0.3 is 20.5 Å². The Labute approximate surface area is 162 Å². The summed E-state index contributed by atoms with van der Waals surface area (Å²) in [6.45, 7) is 2.84. The molecule has 0 radical (unpaired) electrons. The van der Waals surface area contributed by atoms with Gasteiger partial charge in [0.2, 0.25) is 5.91 Å². The first kappa shape index (κ1) is 23.9. The molecule has 2 rings (SSSR count). The number of hydrogen-bond acceptors (Lipinski definition) is 5. The molecular formula is C17H29Cl2N3O3. The molecule has 3 N–H and O–H groups in total. The number of nitrogens with zero attached hydrogens (tertiary/aromatic N) is 1. The first-order valence-electron chi connectivity index (χ1n) is 8.06. The van der Waals surface area contributed by atoms with Crippen LogP contribution in [0.5, 0.6) is 5.75 Å². The van der Waals surface area contributed by atoms with Gasteiger partial charge in [-0.25, -0.2) is 0 Å². The van der Waals surface area contributed by atoms with Crippen LogP contribution in [0, 0.1) is 0 Å². The molecule has 25 heavy (non-hydrogen) atoms. The van der Waals surface area contributed by atoms with E-state index >= 15 is 0 Å². The minimum absolute atomic E-state index is 0. The van der Waals surface area contributed by atoms with Gasteiger partial charge in [-0.3, -0.25) is 9.69 Å². The fourth-order valence-electron chi connectivity index (χ4n) is 2.94. The van der Waals surface area contributed by atoms with E-state index in [9.17, 15) is 4.79 Å². The van der Waals surface area contributed by atoms with E-state index in [-0.39, 0.29) is 43.4 Å². The molecule has 0 bridgehead atoms. The molecule has 1 aliphatic heterocycles. The topological polar surface area (TPSA) is 76.8 Å². The molecule has 1 aromatic carbocycles. The summed E-state index contributed by atoms with van der Waals surface area (Å²) in [6, 6.07) is 7.51. The molecule has 2 unspecified atom stereocenters. The van der Waals surface area contributed by atoms with Crippen LogP contribution < -0.4 is 15.8 Å². The molecule has 1 aromatic rings. The Balaban J connectivity index is 0.00000288. The molecule has 144 valence electrons. The molecule has 1 fully saturated rings. The van der Waals surface area contributed by atoms with Crippen LogP contribution in [0.1, 0.15) is 24.4 Å². The van der Waals surface area contributed by atoms with Gasteiger partial charge in [-0.15, -0.1) is 24.8 Å². The predicted molar refractivity (Wildman–Crippen MR) is 104 cm³/mol. The van der Waals surface area contributed by atoms with Crippen molar-refractivity contribution in [3.05, 3.63) is 29.8 Å². The summed E-state index contributed by atoms with van der Waals surface area (Å²) in [5, 5.41) is 2.95. The second-order valence-electron chi connectivity index (χ2n) is 5.84. The highest BCUT2D eigenvalue weighted by Crippen LogP contribution is 2.27. The van der Waals surface area contributed by atoms with Crippen molar-refractivity contribution in [1.29, 1.82) is 0 Å². The Kier molecular flexibility index (Phi) is 11.8. The van der Waals surface area contributed by atoms with Crippen LogP contribution in [-0.2, 0) is 9.53 Å². The molecule has 0 aliphatic carbocycles.